The number of carbonyl (C=O) groups is 2. The zero-order valence-electron chi connectivity index (χ0n) is 10.6. The quantitative estimate of drug-likeness (QED) is 0.855. The number of hydrogen-bond donors (Lipinski definition) is 2. The van der Waals surface area contributed by atoms with Crippen molar-refractivity contribution >= 4 is 39.1 Å². The second kappa shape index (κ2) is 6.67. The Bertz CT molecular complexity index is 623. The highest BCUT2D eigenvalue weighted by atomic mass is 79.9. The van der Waals surface area contributed by atoms with E-state index in [1.165, 1.54) is 17.4 Å². The van der Waals surface area contributed by atoms with Crippen molar-refractivity contribution in [2.24, 2.45) is 0 Å². The summed E-state index contributed by atoms with van der Waals surface area (Å²) >= 11 is 4.62. The Hall–Kier alpha value is -1.67. The highest BCUT2D eigenvalue weighted by Gasteiger charge is 2.11. The Morgan fingerprint density at radius 1 is 1.40 bits per heavy atom. The summed E-state index contributed by atoms with van der Waals surface area (Å²) in [5.74, 6) is -0.544. The number of carbonyl (C=O) groups excluding carboxylic acids is 2. The monoisotopic (exact) mass is 357 g/mol. The van der Waals surface area contributed by atoms with E-state index in [1.807, 2.05) is 6.92 Å². The predicted octanol–water partition coefficient (Wildman–Crippen LogP) is 1.85. The minimum atomic E-state index is -0.431. The SMILES string of the molecule is Cc1ncc(CNC(=O)CNC(=O)c2ccc(Br)o2)s1. The topological polar surface area (TPSA) is 84.2 Å². The van der Waals surface area contributed by atoms with Gasteiger partial charge in [-0.15, -0.1) is 11.3 Å². The fraction of sp³-hybridized carbons (Fsp3) is 0.250. The minimum Gasteiger partial charge on any atom is -0.444 e. The van der Waals surface area contributed by atoms with Crippen LogP contribution in [0.2, 0.25) is 0 Å². The smallest absolute Gasteiger partial charge is 0.287 e. The van der Waals surface area contributed by atoms with Crippen LogP contribution in [0.25, 0.3) is 0 Å². The first kappa shape index (κ1) is 14.7. The minimum absolute atomic E-state index is 0.102. The molecule has 2 aromatic rings. The molecular formula is C12H12BrN3O3S. The molecular weight excluding hydrogens is 346 g/mol. The number of thiazole rings is 1. The summed E-state index contributed by atoms with van der Waals surface area (Å²) in [6, 6.07) is 3.14. The Morgan fingerprint density at radius 3 is 2.80 bits per heavy atom. The number of furan rings is 1. The van der Waals surface area contributed by atoms with Crippen molar-refractivity contribution in [2.45, 2.75) is 13.5 Å². The summed E-state index contributed by atoms with van der Waals surface area (Å²) in [6.07, 6.45) is 1.72. The van der Waals surface area contributed by atoms with Gasteiger partial charge in [0, 0.05) is 11.1 Å². The van der Waals surface area contributed by atoms with E-state index in [0.717, 1.165) is 9.88 Å². The molecule has 2 rings (SSSR count). The van der Waals surface area contributed by atoms with Crippen molar-refractivity contribution in [3.8, 4) is 0 Å². The lowest BCUT2D eigenvalue weighted by molar-refractivity contribution is -0.120. The molecule has 106 valence electrons. The van der Waals surface area contributed by atoms with E-state index < -0.39 is 5.91 Å². The molecule has 0 atom stereocenters. The van der Waals surface area contributed by atoms with Crippen molar-refractivity contribution in [3.05, 3.63) is 38.6 Å². The van der Waals surface area contributed by atoms with Gasteiger partial charge < -0.3 is 15.1 Å². The average Bonchev–Trinajstić information content (AvgIpc) is 3.02. The maximum absolute atomic E-state index is 11.6. The van der Waals surface area contributed by atoms with E-state index in [-0.39, 0.29) is 18.2 Å². The summed E-state index contributed by atoms with van der Waals surface area (Å²) in [6.45, 7) is 2.21. The van der Waals surface area contributed by atoms with Crippen LogP contribution in [0.3, 0.4) is 0 Å². The van der Waals surface area contributed by atoms with Gasteiger partial charge in [-0.2, -0.15) is 0 Å². The van der Waals surface area contributed by atoms with Crippen molar-refractivity contribution in [1.29, 1.82) is 0 Å². The summed E-state index contributed by atoms with van der Waals surface area (Å²) < 4.78 is 5.54. The van der Waals surface area contributed by atoms with Crippen molar-refractivity contribution < 1.29 is 14.0 Å². The van der Waals surface area contributed by atoms with Crippen LogP contribution in [0.5, 0.6) is 0 Å². The van der Waals surface area contributed by atoms with E-state index >= 15 is 0 Å². The van der Waals surface area contributed by atoms with Gasteiger partial charge in [0.15, 0.2) is 10.4 Å². The first-order chi connectivity index (χ1) is 9.54. The summed E-state index contributed by atoms with van der Waals surface area (Å²) in [5, 5.41) is 6.13. The van der Waals surface area contributed by atoms with Crippen LogP contribution in [0.4, 0.5) is 0 Å². The molecule has 6 nitrogen and oxygen atoms in total. The fourth-order valence-electron chi connectivity index (χ4n) is 1.42. The second-order valence-corrected chi connectivity index (χ2v) is 6.01. The molecule has 2 amide bonds. The van der Waals surface area contributed by atoms with E-state index in [4.69, 9.17) is 4.42 Å². The van der Waals surface area contributed by atoms with Crippen molar-refractivity contribution in [3.63, 3.8) is 0 Å². The summed E-state index contributed by atoms with van der Waals surface area (Å²) in [7, 11) is 0. The maximum atomic E-state index is 11.6. The average molecular weight is 358 g/mol. The molecule has 0 aliphatic heterocycles. The molecule has 0 bridgehead atoms. The lowest BCUT2D eigenvalue weighted by Gasteiger charge is -2.04. The molecule has 0 spiro atoms. The third-order valence-electron chi connectivity index (χ3n) is 2.34. The van der Waals surface area contributed by atoms with Gasteiger partial charge in [0.2, 0.25) is 5.91 Å². The maximum Gasteiger partial charge on any atom is 0.287 e. The van der Waals surface area contributed by atoms with E-state index in [2.05, 4.69) is 31.5 Å². The van der Waals surface area contributed by atoms with Crippen LogP contribution < -0.4 is 10.6 Å². The molecule has 2 N–H and O–H groups in total. The Balaban J connectivity index is 1.73. The van der Waals surface area contributed by atoms with Gasteiger partial charge in [-0.25, -0.2) is 4.98 Å². The number of nitrogens with zero attached hydrogens (tertiary/aromatic N) is 1. The zero-order chi connectivity index (χ0) is 14.5. The summed E-state index contributed by atoms with van der Waals surface area (Å²) in [5.41, 5.74) is 0. The molecule has 0 saturated heterocycles. The Labute approximate surface area is 127 Å². The van der Waals surface area contributed by atoms with E-state index in [9.17, 15) is 9.59 Å². The van der Waals surface area contributed by atoms with Gasteiger partial charge >= 0.3 is 0 Å². The number of halogens is 1. The highest BCUT2D eigenvalue weighted by Crippen LogP contribution is 2.13. The third kappa shape index (κ3) is 4.17. The number of amides is 2. The normalized spacial score (nSPS) is 10.3. The number of rotatable bonds is 5. The number of aromatic nitrogens is 1. The number of nitrogens with one attached hydrogen (secondary N) is 2. The molecule has 0 aromatic carbocycles. The van der Waals surface area contributed by atoms with Gasteiger partial charge in [-0.05, 0) is 35.0 Å². The number of hydrogen-bond acceptors (Lipinski definition) is 5. The van der Waals surface area contributed by atoms with E-state index in [0.29, 0.717) is 11.2 Å². The Kier molecular flexibility index (Phi) is 4.91. The second-order valence-electron chi connectivity index (χ2n) is 3.91. The Morgan fingerprint density at radius 2 is 2.20 bits per heavy atom. The van der Waals surface area contributed by atoms with E-state index in [1.54, 1.807) is 12.3 Å². The molecule has 0 aliphatic carbocycles. The zero-order valence-corrected chi connectivity index (χ0v) is 13.0. The lowest BCUT2D eigenvalue weighted by Crippen LogP contribution is -2.36. The fourth-order valence-corrected chi connectivity index (χ4v) is 2.46. The molecule has 8 heteroatoms. The first-order valence-electron chi connectivity index (χ1n) is 5.76. The van der Waals surface area contributed by atoms with Gasteiger partial charge in [-0.1, -0.05) is 0 Å². The van der Waals surface area contributed by atoms with Crippen LogP contribution >= 0.6 is 27.3 Å². The van der Waals surface area contributed by atoms with Gasteiger partial charge in [-0.3, -0.25) is 9.59 Å². The molecule has 20 heavy (non-hydrogen) atoms. The molecule has 0 fully saturated rings. The molecule has 2 aromatic heterocycles. The molecule has 0 saturated carbocycles. The largest absolute Gasteiger partial charge is 0.444 e. The van der Waals surface area contributed by atoms with Gasteiger partial charge in [0.25, 0.3) is 5.91 Å². The first-order valence-corrected chi connectivity index (χ1v) is 7.37. The van der Waals surface area contributed by atoms with Crippen molar-refractivity contribution in [2.75, 3.05) is 6.54 Å². The molecule has 0 radical (unpaired) electrons. The van der Waals surface area contributed by atoms with Crippen LogP contribution in [0, 0.1) is 6.92 Å². The van der Waals surface area contributed by atoms with Crippen LogP contribution in [0.1, 0.15) is 20.4 Å². The lowest BCUT2D eigenvalue weighted by atomic mass is 10.4. The van der Waals surface area contributed by atoms with Crippen LogP contribution in [-0.4, -0.2) is 23.3 Å². The molecule has 0 aliphatic rings. The summed E-state index contributed by atoms with van der Waals surface area (Å²) in [4.78, 5) is 28.3. The van der Waals surface area contributed by atoms with Gasteiger partial charge in [0.05, 0.1) is 18.1 Å². The van der Waals surface area contributed by atoms with Crippen LogP contribution in [-0.2, 0) is 11.3 Å². The number of aryl methyl sites for hydroxylation is 1. The van der Waals surface area contributed by atoms with Crippen molar-refractivity contribution in [1.82, 2.24) is 15.6 Å². The van der Waals surface area contributed by atoms with Gasteiger partial charge in [0.1, 0.15) is 0 Å². The standard InChI is InChI=1S/C12H12BrN3O3S/c1-7-14-4-8(20-7)5-15-11(17)6-16-12(18)9-2-3-10(13)19-9/h2-4H,5-6H2,1H3,(H,15,17)(H,16,18). The molecule has 0 unspecified atom stereocenters. The molecule has 2 heterocycles. The predicted molar refractivity (Wildman–Crippen MR) is 77.4 cm³/mol. The third-order valence-corrected chi connectivity index (χ3v) is 3.67. The van der Waals surface area contributed by atoms with Crippen LogP contribution in [0.15, 0.2) is 27.4 Å². The highest BCUT2D eigenvalue weighted by molar-refractivity contribution is 9.10.